The van der Waals surface area contributed by atoms with Gasteiger partial charge in [0.05, 0.1) is 6.20 Å². The fraction of sp³-hybridized carbons (Fsp3) is 0.154. The molecule has 9 heteroatoms. The Hall–Kier alpha value is -2.26. The summed E-state index contributed by atoms with van der Waals surface area (Å²) in [6.07, 6.45) is 6.03. The van der Waals surface area contributed by atoms with Crippen molar-refractivity contribution in [3.63, 3.8) is 0 Å². The quantitative estimate of drug-likeness (QED) is 0.789. The molecule has 0 aromatic carbocycles. The van der Waals surface area contributed by atoms with E-state index in [1.165, 1.54) is 28.5 Å². The van der Waals surface area contributed by atoms with E-state index in [1.807, 2.05) is 6.92 Å². The minimum atomic E-state index is -3.70. The van der Waals surface area contributed by atoms with Gasteiger partial charge in [0.25, 0.3) is 10.0 Å². The van der Waals surface area contributed by atoms with Gasteiger partial charge in [0.15, 0.2) is 5.82 Å². The fourth-order valence-corrected chi connectivity index (χ4v) is 4.65. The Labute approximate surface area is 131 Å². The maximum atomic E-state index is 12.6. The molecule has 114 valence electrons. The second-order valence-corrected chi connectivity index (χ2v) is 7.70. The first-order valence-electron chi connectivity index (χ1n) is 6.37. The van der Waals surface area contributed by atoms with Gasteiger partial charge in [-0.1, -0.05) is 0 Å². The minimum Gasteiger partial charge on any atom is -0.274 e. The highest BCUT2D eigenvalue weighted by molar-refractivity contribution is 7.93. The van der Waals surface area contributed by atoms with Crippen LogP contribution in [0.15, 0.2) is 41.9 Å². The zero-order valence-corrected chi connectivity index (χ0v) is 13.5. The van der Waals surface area contributed by atoms with Crippen LogP contribution >= 0.6 is 11.3 Å². The van der Waals surface area contributed by atoms with Crippen LogP contribution in [0.2, 0.25) is 0 Å². The molecule has 3 aromatic rings. The van der Waals surface area contributed by atoms with E-state index in [4.69, 9.17) is 0 Å². The Morgan fingerprint density at radius 1 is 1.32 bits per heavy atom. The Balaban J connectivity index is 2.02. The zero-order valence-electron chi connectivity index (χ0n) is 11.9. The molecule has 0 saturated carbocycles. The van der Waals surface area contributed by atoms with Crippen molar-refractivity contribution in [2.75, 3.05) is 4.72 Å². The van der Waals surface area contributed by atoms with Gasteiger partial charge in [0, 0.05) is 22.1 Å². The lowest BCUT2D eigenvalue weighted by atomic mass is 10.4. The van der Waals surface area contributed by atoms with E-state index in [9.17, 15) is 8.42 Å². The number of hydrogen-bond donors (Lipinski definition) is 1. The van der Waals surface area contributed by atoms with E-state index < -0.39 is 10.0 Å². The predicted molar refractivity (Wildman–Crippen MR) is 83.8 cm³/mol. The Morgan fingerprint density at radius 3 is 2.77 bits per heavy atom. The van der Waals surface area contributed by atoms with Crippen LogP contribution in [-0.4, -0.2) is 28.2 Å². The molecule has 0 aliphatic heterocycles. The molecule has 3 rings (SSSR count). The molecule has 0 fully saturated rings. The van der Waals surface area contributed by atoms with Gasteiger partial charge in [-0.25, -0.2) is 23.1 Å². The summed E-state index contributed by atoms with van der Waals surface area (Å²) >= 11 is 1.44. The highest BCUT2D eigenvalue weighted by atomic mass is 32.2. The van der Waals surface area contributed by atoms with Crippen molar-refractivity contribution in [2.24, 2.45) is 0 Å². The normalized spacial score (nSPS) is 11.5. The number of thiophene rings is 1. The molecule has 0 radical (unpaired) electrons. The van der Waals surface area contributed by atoms with Crippen LogP contribution in [-0.2, 0) is 10.0 Å². The lowest BCUT2D eigenvalue weighted by molar-refractivity contribution is 0.601. The molecule has 0 aliphatic rings. The molecule has 0 aliphatic carbocycles. The Morgan fingerprint density at radius 2 is 2.14 bits per heavy atom. The zero-order chi connectivity index (χ0) is 15.7. The van der Waals surface area contributed by atoms with Crippen molar-refractivity contribution in [1.82, 2.24) is 19.7 Å². The number of sulfonamides is 1. The fourth-order valence-electron chi connectivity index (χ4n) is 2.05. The summed E-state index contributed by atoms with van der Waals surface area (Å²) in [7, 11) is -3.70. The van der Waals surface area contributed by atoms with E-state index >= 15 is 0 Å². The predicted octanol–water partition coefficient (Wildman–Crippen LogP) is 2.14. The number of hydrogen-bond acceptors (Lipinski definition) is 6. The molecule has 3 heterocycles. The second kappa shape index (κ2) is 5.50. The number of rotatable bonds is 4. The molecule has 0 atom stereocenters. The van der Waals surface area contributed by atoms with Gasteiger partial charge < -0.3 is 0 Å². The van der Waals surface area contributed by atoms with Crippen LogP contribution < -0.4 is 4.72 Å². The maximum absolute atomic E-state index is 12.6. The molecule has 7 nitrogen and oxygen atoms in total. The molecule has 0 saturated heterocycles. The van der Waals surface area contributed by atoms with Gasteiger partial charge >= 0.3 is 0 Å². The molecular weight excluding hydrogens is 322 g/mol. The number of nitrogens with zero attached hydrogens (tertiary/aromatic N) is 4. The van der Waals surface area contributed by atoms with Crippen molar-refractivity contribution in [1.29, 1.82) is 0 Å². The first kappa shape index (κ1) is 14.7. The average molecular weight is 335 g/mol. The smallest absolute Gasteiger partial charge is 0.263 e. The third-order valence-corrected chi connectivity index (χ3v) is 5.53. The van der Waals surface area contributed by atoms with Gasteiger partial charge in [-0.3, -0.25) is 4.72 Å². The highest BCUT2D eigenvalue weighted by Gasteiger charge is 2.21. The Bertz CT molecular complexity index is 900. The summed E-state index contributed by atoms with van der Waals surface area (Å²) in [6.45, 7) is 3.65. The van der Waals surface area contributed by atoms with E-state index in [1.54, 1.807) is 31.5 Å². The van der Waals surface area contributed by atoms with Crippen molar-refractivity contribution in [3.8, 4) is 5.82 Å². The summed E-state index contributed by atoms with van der Waals surface area (Å²) in [5, 5.41) is 4.07. The first-order chi connectivity index (χ1) is 10.5. The van der Waals surface area contributed by atoms with Crippen molar-refractivity contribution in [2.45, 2.75) is 18.7 Å². The van der Waals surface area contributed by atoms with Crippen molar-refractivity contribution >= 4 is 27.0 Å². The minimum absolute atomic E-state index is 0.269. The SMILES string of the molecule is Cc1cc(S(=O)(=O)Nc2cncnc2-n2cccn2)c(C)s1. The van der Waals surface area contributed by atoms with Gasteiger partial charge in [-0.05, 0) is 26.0 Å². The van der Waals surface area contributed by atoms with Crippen LogP contribution in [0.1, 0.15) is 9.75 Å². The topological polar surface area (TPSA) is 89.8 Å². The van der Waals surface area contributed by atoms with E-state index in [0.29, 0.717) is 5.82 Å². The van der Waals surface area contributed by atoms with E-state index in [0.717, 1.165) is 9.75 Å². The third-order valence-electron chi connectivity index (χ3n) is 2.94. The number of anilines is 1. The van der Waals surface area contributed by atoms with Crippen molar-refractivity contribution in [3.05, 3.63) is 46.8 Å². The van der Waals surface area contributed by atoms with Gasteiger partial charge in [0.1, 0.15) is 16.9 Å². The monoisotopic (exact) mass is 335 g/mol. The van der Waals surface area contributed by atoms with E-state index in [-0.39, 0.29) is 10.6 Å². The molecule has 0 unspecified atom stereocenters. The van der Waals surface area contributed by atoms with Crippen LogP contribution in [0.5, 0.6) is 0 Å². The van der Waals surface area contributed by atoms with Crippen LogP contribution in [0.3, 0.4) is 0 Å². The molecule has 3 aromatic heterocycles. The number of nitrogens with one attached hydrogen (secondary N) is 1. The van der Waals surface area contributed by atoms with Gasteiger partial charge in [-0.15, -0.1) is 11.3 Å². The first-order valence-corrected chi connectivity index (χ1v) is 8.67. The molecular formula is C13H13N5O2S2. The molecule has 0 amide bonds. The molecule has 0 bridgehead atoms. The molecule has 22 heavy (non-hydrogen) atoms. The second-order valence-electron chi connectivity index (χ2n) is 4.59. The summed E-state index contributed by atoms with van der Waals surface area (Å²) in [4.78, 5) is 9.92. The third kappa shape index (κ3) is 2.72. The van der Waals surface area contributed by atoms with Crippen LogP contribution in [0, 0.1) is 13.8 Å². The number of aryl methyl sites for hydroxylation is 2. The Kier molecular flexibility index (Phi) is 3.67. The molecule has 1 N–H and O–H groups in total. The summed E-state index contributed by atoms with van der Waals surface area (Å²) in [5.41, 5.74) is 0.273. The van der Waals surface area contributed by atoms with Crippen molar-refractivity contribution < 1.29 is 8.42 Å². The summed E-state index contributed by atoms with van der Waals surface area (Å²) in [6, 6.07) is 3.38. The maximum Gasteiger partial charge on any atom is 0.263 e. The van der Waals surface area contributed by atoms with Gasteiger partial charge in [0.2, 0.25) is 0 Å². The average Bonchev–Trinajstić information content (AvgIpc) is 3.09. The summed E-state index contributed by atoms with van der Waals surface area (Å²) < 4.78 is 29.2. The van der Waals surface area contributed by atoms with E-state index in [2.05, 4.69) is 19.8 Å². The van der Waals surface area contributed by atoms with Gasteiger partial charge in [-0.2, -0.15) is 5.10 Å². The largest absolute Gasteiger partial charge is 0.274 e. The lowest BCUT2D eigenvalue weighted by Crippen LogP contribution is -2.16. The summed E-state index contributed by atoms with van der Waals surface area (Å²) in [5.74, 6) is 0.369. The number of aromatic nitrogens is 4. The van der Waals surface area contributed by atoms with Crippen LogP contribution in [0.4, 0.5) is 5.69 Å². The lowest BCUT2D eigenvalue weighted by Gasteiger charge is -2.10. The van der Waals surface area contributed by atoms with Crippen LogP contribution in [0.25, 0.3) is 5.82 Å². The highest BCUT2D eigenvalue weighted by Crippen LogP contribution is 2.27. The molecule has 0 spiro atoms. The standard InChI is InChI=1S/C13H13N5O2S2/c1-9-6-12(10(2)21-9)22(19,20)17-11-7-14-8-15-13(11)18-5-3-4-16-18/h3-8,17H,1-2H3.